The number of nitrogens with zero attached hydrogens (tertiary/aromatic N) is 4. The molecule has 0 N–H and O–H groups in total. The monoisotopic (exact) mass is 230 g/mol. The van der Waals surface area contributed by atoms with Gasteiger partial charge in [0.1, 0.15) is 6.67 Å². The molecule has 2 aromatic heterocycles. The van der Waals surface area contributed by atoms with Gasteiger partial charge in [-0.1, -0.05) is 0 Å². The van der Waals surface area contributed by atoms with Crippen LogP contribution in [-0.2, 0) is 13.0 Å². The van der Waals surface area contributed by atoms with E-state index in [1.54, 1.807) is 17.1 Å². The summed E-state index contributed by atoms with van der Waals surface area (Å²) in [7, 11) is 0. The summed E-state index contributed by atoms with van der Waals surface area (Å²) in [5.74, 6) is 0. The van der Waals surface area contributed by atoms with E-state index in [1.165, 1.54) is 0 Å². The van der Waals surface area contributed by atoms with Crippen molar-refractivity contribution in [2.75, 3.05) is 6.67 Å². The molecule has 86 valence electrons. The van der Waals surface area contributed by atoms with Crippen molar-refractivity contribution in [3.63, 3.8) is 0 Å². The smallest absolute Gasteiger partial charge is 0.109 e. The molecule has 5 heteroatoms. The van der Waals surface area contributed by atoms with Gasteiger partial charge in [0.15, 0.2) is 0 Å². The van der Waals surface area contributed by atoms with E-state index in [4.69, 9.17) is 5.26 Å². The molecule has 0 saturated heterocycles. The lowest BCUT2D eigenvalue weighted by Crippen LogP contribution is -2.05. The second-order valence-electron chi connectivity index (χ2n) is 3.50. The summed E-state index contributed by atoms with van der Waals surface area (Å²) >= 11 is 0. The Morgan fingerprint density at radius 1 is 1.35 bits per heavy atom. The highest BCUT2D eigenvalue weighted by molar-refractivity contribution is 5.58. The number of alkyl halides is 1. The van der Waals surface area contributed by atoms with Gasteiger partial charge < -0.3 is 0 Å². The second kappa shape index (κ2) is 5.21. The molecule has 0 saturated carbocycles. The summed E-state index contributed by atoms with van der Waals surface area (Å²) < 4.78 is 13.9. The van der Waals surface area contributed by atoms with Crippen molar-refractivity contribution in [2.24, 2.45) is 0 Å². The molecule has 0 fully saturated rings. The van der Waals surface area contributed by atoms with Crippen molar-refractivity contribution >= 4 is 0 Å². The van der Waals surface area contributed by atoms with E-state index in [-0.39, 0.29) is 13.0 Å². The topological polar surface area (TPSA) is 54.5 Å². The van der Waals surface area contributed by atoms with E-state index in [1.807, 2.05) is 18.2 Å². The fourth-order valence-electron chi connectivity index (χ4n) is 1.62. The average Bonchev–Trinajstić information content (AvgIpc) is 2.75. The van der Waals surface area contributed by atoms with Gasteiger partial charge in [0.05, 0.1) is 30.4 Å². The van der Waals surface area contributed by atoms with E-state index >= 15 is 0 Å². The van der Waals surface area contributed by atoms with Crippen LogP contribution >= 0.6 is 0 Å². The molecule has 2 aromatic rings. The highest BCUT2D eigenvalue weighted by Crippen LogP contribution is 2.18. The molecule has 17 heavy (non-hydrogen) atoms. The Kier molecular flexibility index (Phi) is 3.46. The summed E-state index contributed by atoms with van der Waals surface area (Å²) in [5, 5.41) is 13.0. The van der Waals surface area contributed by atoms with Crippen LogP contribution in [0.2, 0.25) is 0 Å². The zero-order chi connectivity index (χ0) is 12.1. The van der Waals surface area contributed by atoms with Gasteiger partial charge in [0.2, 0.25) is 0 Å². The number of aryl methyl sites for hydroxylation is 1. The van der Waals surface area contributed by atoms with Crippen LogP contribution in [0.3, 0.4) is 0 Å². The molecular formula is C12H11FN4. The van der Waals surface area contributed by atoms with Crippen LogP contribution in [-0.4, -0.2) is 21.4 Å². The summed E-state index contributed by atoms with van der Waals surface area (Å²) in [6, 6.07) is 7.53. The predicted molar refractivity (Wildman–Crippen MR) is 60.8 cm³/mol. The quantitative estimate of drug-likeness (QED) is 0.807. The molecule has 0 spiro atoms. The number of rotatable bonds is 4. The maximum Gasteiger partial charge on any atom is 0.109 e. The van der Waals surface area contributed by atoms with E-state index in [9.17, 15) is 4.39 Å². The third-order valence-corrected chi connectivity index (χ3v) is 2.40. The lowest BCUT2D eigenvalue weighted by atomic mass is 10.2. The molecule has 0 amide bonds. The van der Waals surface area contributed by atoms with Crippen LogP contribution in [0.1, 0.15) is 5.69 Å². The van der Waals surface area contributed by atoms with Gasteiger partial charge >= 0.3 is 0 Å². The lowest BCUT2D eigenvalue weighted by Gasteiger charge is -2.00. The molecule has 0 aliphatic carbocycles. The van der Waals surface area contributed by atoms with Crippen LogP contribution in [0.5, 0.6) is 0 Å². The summed E-state index contributed by atoms with van der Waals surface area (Å²) in [6.07, 6.45) is 3.58. The van der Waals surface area contributed by atoms with Crippen molar-refractivity contribution < 1.29 is 4.39 Å². The van der Waals surface area contributed by atoms with E-state index in [0.717, 1.165) is 17.0 Å². The number of pyridine rings is 1. The van der Waals surface area contributed by atoms with Crippen molar-refractivity contribution in [1.29, 1.82) is 5.26 Å². The van der Waals surface area contributed by atoms with Crippen LogP contribution < -0.4 is 0 Å². The highest BCUT2D eigenvalue weighted by atomic mass is 19.1. The summed E-state index contributed by atoms with van der Waals surface area (Å²) in [5.41, 5.74) is 2.39. The van der Waals surface area contributed by atoms with Crippen LogP contribution in [0.15, 0.2) is 30.6 Å². The van der Waals surface area contributed by atoms with E-state index < -0.39 is 6.67 Å². The van der Waals surface area contributed by atoms with Gasteiger partial charge in [-0.2, -0.15) is 10.4 Å². The zero-order valence-corrected chi connectivity index (χ0v) is 9.17. The molecule has 0 aliphatic heterocycles. The summed E-state index contributed by atoms with van der Waals surface area (Å²) in [4.78, 5) is 3.93. The Bertz CT molecular complexity index is 527. The number of halogens is 1. The molecule has 0 atom stereocenters. The minimum absolute atomic E-state index is 0.183. The van der Waals surface area contributed by atoms with Crippen molar-refractivity contribution in [3.05, 3.63) is 36.3 Å². The van der Waals surface area contributed by atoms with Crippen molar-refractivity contribution in [3.8, 4) is 17.3 Å². The standard InChI is InChI=1S/C12H11FN4/c13-4-8-17-11(1-5-14)9-12(16-17)10-2-6-15-7-3-10/h2-3,6-7,9H,1,4,8H2. The van der Waals surface area contributed by atoms with Gasteiger partial charge in [0, 0.05) is 18.0 Å². The fraction of sp³-hybridized carbons (Fsp3) is 0.250. The SMILES string of the molecule is N#CCc1cc(-c2ccncc2)nn1CCF. The van der Waals surface area contributed by atoms with Crippen LogP contribution in [0.25, 0.3) is 11.3 Å². The van der Waals surface area contributed by atoms with Gasteiger partial charge in [-0.25, -0.2) is 4.39 Å². The Morgan fingerprint density at radius 3 is 2.76 bits per heavy atom. The molecule has 0 unspecified atom stereocenters. The number of hydrogen-bond donors (Lipinski definition) is 0. The summed E-state index contributed by atoms with van der Waals surface area (Å²) in [6.45, 7) is -0.308. The van der Waals surface area contributed by atoms with Crippen LogP contribution in [0, 0.1) is 11.3 Å². The Balaban J connectivity index is 2.37. The Hall–Kier alpha value is -2.22. The number of hydrogen-bond acceptors (Lipinski definition) is 3. The molecule has 0 radical (unpaired) electrons. The average molecular weight is 230 g/mol. The zero-order valence-electron chi connectivity index (χ0n) is 9.17. The second-order valence-corrected chi connectivity index (χ2v) is 3.50. The fourth-order valence-corrected chi connectivity index (χ4v) is 1.62. The Morgan fingerprint density at radius 2 is 2.12 bits per heavy atom. The first kappa shape index (κ1) is 11.3. The minimum Gasteiger partial charge on any atom is -0.265 e. The lowest BCUT2D eigenvalue weighted by molar-refractivity contribution is 0.422. The maximum absolute atomic E-state index is 12.4. The van der Waals surface area contributed by atoms with Gasteiger partial charge in [-0.15, -0.1) is 0 Å². The third-order valence-electron chi connectivity index (χ3n) is 2.40. The van der Waals surface area contributed by atoms with Crippen molar-refractivity contribution in [2.45, 2.75) is 13.0 Å². The normalized spacial score (nSPS) is 10.1. The Labute approximate surface area is 98.3 Å². The molecule has 2 heterocycles. The van der Waals surface area contributed by atoms with Gasteiger partial charge in [-0.05, 0) is 18.2 Å². The molecule has 0 bridgehead atoms. The maximum atomic E-state index is 12.4. The highest BCUT2D eigenvalue weighted by Gasteiger charge is 2.08. The van der Waals surface area contributed by atoms with Gasteiger partial charge in [0.25, 0.3) is 0 Å². The van der Waals surface area contributed by atoms with Crippen molar-refractivity contribution in [1.82, 2.24) is 14.8 Å². The number of nitriles is 1. The van der Waals surface area contributed by atoms with E-state index in [0.29, 0.717) is 0 Å². The minimum atomic E-state index is -0.490. The molecular weight excluding hydrogens is 219 g/mol. The van der Waals surface area contributed by atoms with E-state index in [2.05, 4.69) is 16.2 Å². The van der Waals surface area contributed by atoms with Crippen LogP contribution in [0.4, 0.5) is 4.39 Å². The molecule has 0 aromatic carbocycles. The van der Waals surface area contributed by atoms with Gasteiger partial charge in [-0.3, -0.25) is 9.67 Å². The largest absolute Gasteiger partial charge is 0.265 e. The third kappa shape index (κ3) is 2.48. The molecule has 4 nitrogen and oxygen atoms in total. The molecule has 2 rings (SSSR count). The number of aromatic nitrogens is 3. The molecule has 0 aliphatic rings. The predicted octanol–water partition coefficient (Wildman–Crippen LogP) is 1.98. The first-order valence-corrected chi connectivity index (χ1v) is 5.25. The first-order chi connectivity index (χ1) is 8.35. The first-order valence-electron chi connectivity index (χ1n) is 5.25.